The molecule has 0 saturated heterocycles. The quantitative estimate of drug-likeness (QED) is 0.621. The molecule has 0 aliphatic carbocycles. The van der Waals surface area contributed by atoms with Gasteiger partial charge in [-0.3, -0.25) is 4.79 Å². The molecule has 1 heterocycles. The van der Waals surface area contributed by atoms with Gasteiger partial charge >= 0.3 is 0 Å². The molecule has 0 spiro atoms. The highest BCUT2D eigenvalue weighted by atomic mass is 127. The molecule has 0 unspecified atom stereocenters. The van der Waals surface area contributed by atoms with Crippen LogP contribution in [0.25, 0.3) is 10.9 Å². The summed E-state index contributed by atoms with van der Waals surface area (Å²) < 4.78 is 2.18. The number of aromatic amines is 1. The molecule has 2 nitrogen and oxygen atoms in total. The molecule has 4 heteroatoms. The van der Waals surface area contributed by atoms with Gasteiger partial charge in [0, 0.05) is 18.9 Å². The molecule has 0 fully saturated rings. The Kier molecular flexibility index (Phi) is 2.42. The van der Waals surface area contributed by atoms with Crippen LogP contribution < -0.4 is 0 Å². The summed E-state index contributed by atoms with van der Waals surface area (Å²) in [6.45, 7) is 0. The number of aldehydes is 1. The first-order valence-corrected chi connectivity index (χ1v) is 5.51. The molecular formula is C9H5BrINO. The molecule has 66 valence electrons. The predicted molar refractivity (Wildman–Crippen MR) is 64.1 cm³/mol. The van der Waals surface area contributed by atoms with Gasteiger partial charge < -0.3 is 4.98 Å². The standard InChI is InChI=1S/C9H5BrINO/c10-7-3-9-5(2-8(7)11)1-6(4-13)12-9/h1-4,12H. The van der Waals surface area contributed by atoms with Crippen LogP contribution >= 0.6 is 38.5 Å². The summed E-state index contributed by atoms with van der Waals surface area (Å²) in [5.74, 6) is 0. The Morgan fingerprint density at radius 3 is 2.85 bits per heavy atom. The Balaban J connectivity index is 2.77. The van der Waals surface area contributed by atoms with Gasteiger partial charge in [0.1, 0.15) is 0 Å². The molecule has 1 N–H and O–H groups in total. The van der Waals surface area contributed by atoms with Gasteiger partial charge in [-0.25, -0.2) is 0 Å². The van der Waals surface area contributed by atoms with Gasteiger partial charge in [-0.15, -0.1) is 0 Å². The summed E-state index contributed by atoms with van der Waals surface area (Å²) in [5, 5.41) is 1.06. The lowest BCUT2D eigenvalue weighted by Gasteiger charge is -1.95. The van der Waals surface area contributed by atoms with Gasteiger partial charge in [0.15, 0.2) is 6.29 Å². The van der Waals surface area contributed by atoms with E-state index in [0.29, 0.717) is 5.69 Å². The summed E-state index contributed by atoms with van der Waals surface area (Å²) in [6.07, 6.45) is 0.820. The number of benzene rings is 1. The fraction of sp³-hybridized carbons (Fsp3) is 0. The normalized spacial score (nSPS) is 10.6. The van der Waals surface area contributed by atoms with Gasteiger partial charge in [-0.2, -0.15) is 0 Å². The molecule has 1 aromatic heterocycles. The maximum absolute atomic E-state index is 10.5. The minimum atomic E-state index is 0.615. The van der Waals surface area contributed by atoms with Crippen LogP contribution in [0, 0.1) is 3.57 Å². The van der Waals surface area contributed by atoms with E-state index in [1.54, 1.807) is 0 Å². The summed E-state index contributed by atoms with van der Waals surface area (Å²) in [5.41, 5.74) is 1.60. The van der Waals surface area contributed by atoms with Crippen LogP contribution in [0.1, 0.15) is 10.5 Å². The molecular weight excluding hydrogens is 345 g/mol. The van der Waals surface area contributed by atoms with Gasteiger partial charge in [0.25, 0.3) is 0 Å². The Labute approximate surface area is 97.0 Å². The van der Waals surface area contributed by atoms with E-state index in [1.807, 2.05) is 18.2 Å². The van der Waals surface area contributed by atoms with Gasteiger partial charge in [-0.05, 0) is 56.7 Å². The van der Waals surface area contributed by atoms with Gasteiger partial charge in [0.2, 0.25) is 0 Å². The lowest BCUT2D eigenvalue weighted by Crippen LogP contribution is -1.76. The minimum absolute atomic E-state index is 0.615. The van der Waals surface area contributed by atoms with Crippen LogP contribution in [0.3, 0.4) is 0 Å². The molecule has 13 heavy (non-hydrogen) atoms. The number of carbonyl (C=O) groups is 1. The first-order valence-electron chi connectivity index (χ1n) is 3.63. The van der Waals surface area contributed by atoms with E-state index in [1.165, 1.54) is 0 Å². The number of hydrogen-bond acceptors (Lipinski definition) is 1. The molecule has 0 aliphatic rings. The van der Waals surface area contributed by atoms with E-state index in [-0.39, 0.29) is 0 Å². The molecule has 2 aromatic rings. The van der Waals surface area contributed by atoms with Crippen molar-refractivity contribution in [3.05, 3.63) is 31.9 Å². The Bertz CT molecular complexity index is 439. The molecule has 0 saturated carbocycles. The van der Waals surface area contributed by atoms with E-state index in [0.717, 1.165) is 25.2 Å². The number of rotatable bonds is 1. The molecule has 0 radical (unpaired) electrons. The van der Waals surface area contributed by atoms with Crippen molar-refractivity contribution < 1.29 is 4.79 Å². The van der Waals surface area contributed by atoms with Crippen molar-refractivity contribution in [3.8, 4) is 0 Å². The van der Waals surface area contributed by atoms with Crippen molar-refractivity contribution in [1.29, 1.82) is 0 Å². The Morgan fingerprint density at radius 1 is 1.38 bits per heavy atom. The van der Waals surface area contributed by atoms with Crippen molar-refractivity contribution in [1.82, 2.24) is 4.98 Å². The molecule has 0 amide bonds. The smallest absolute Gasteiger partial charge is 0.166 e. The lowest BCUT2D eigenvalue weighted by atomic mass is 10.2. The van der Waals surface area contributed by atoms with Crippen LogP contribution in [-0.4, -0.2) is 11.3 Å². The van der Waals surface area contributed by atoms with Gasteiger partial charge in [0.05, 0.1) is 5.69 Å². The van der Waals surface area contributed by atoms with Crippen molar-refractivity contribution in [2.24, 2.45) is 0 Å². The van der Waals surface area contributed by atoms with E-state index in [2.05, 4.69) is 43.5 Å². The first-order chi connectivity index (χ1) is 6.20. The van der Waals surface area contributed by atoms with Crippen LogP contribution in [0.4, 0.5) is 0 Å². The zero-order valence-corrected chi connectivity index (χ0v) is 10.2. The second kappa shape index (κ2) is 3.42. The third kappa shape index (κ3) is 1.65. The Hall–Kier alpha value is -0.360. The first kappa shape index (κ1) is 9.21. The zero-order chi connectivity index (χ0) is 9.42. The fourth-order valence-electron chi connectivity index (χ4n) is 1.21. The highest BCUT2D eigenvalue weighted by Crippen LogP contribution is 2.25. The topological polar surface area (TPSA) is 32.9 Å². The van der Waals surface area contributed by atoms with Crippen LogP contribution in [0.2, 0.25) is 0 Å². The maximum Gasteiger partial charge on any atom is 0.166 e. The lowest BCUT2D eigenvalue weighted by molar-refractivity contribution is 0.112. The van der Waals surface area contributed by atoms with Gasteiger partial charge in [-0.1, -0.05) is 0 Å². The number of halogens is 2. The third-order valence-corrected chi connectivity index (χ3v) is 4.10. The van der Waals surface area contributed by atoms with Crippen molar-refractivity contribution in [3.63, 3.8) is 0 Å². The maximum atomic E-state index is 10.5. The molecule has 2 rings (SSSR count). The monoisotopic (exact) mass is 349 g/mol. The second-order valence-corrected chi connectivity index (χ2v) is 4.71. The second-order valence-electron chi connectivity index (χ2n) is 2.70. The van der Waals surface area contributed by atoms with E-state index in [9.17, 15) is 4.79 Å². The fourth-order valence-corrected chi connectivity index (χ4v) is 2.05. The SMILES string of the molecule is O=Cc1cc2cc(I)c(Br)cc2[nH]1. The van der Waals surface area contributed by atoms with Crippen molar-refractivity contribution >= 4 is 55.7 Å². The van der Waals surface area contributed by atoms with E-state index < -0.39 is 0 Å². The number of nitrogens with one attached hydrogen (secondary N) is 1. The largest absolute Gasteiger partial charge is 0.352 e. The number of carbonyl (C=O) groups excluding carboxylic acids is 1. The van der Waals surface area contributed by atoms with E-state index >= 15 is 0 Å². The Morgan fingerprint density at radius 2 is 2.15 bits per heavy atom. The number of aromatic nitrogens is 1. The molecule has 0 aliphatic heterocycles. The number of H-pyrrole nitrogens is 1. The summed E-state index contributed by atoms with van der Waals surface area (Å²) >= 11 is 5.68. The summed E-state index contributed by atoms with van der Waals surface area (Å²) in [4.78, 5) is 13.5. The molecule has 0 atom stereocenters. The third-order valence-electron chi connectivity index (χ3n) is 1.81. The van der Waals surface area contributed by atoms with E-state index in [4.69, 9.17) is 0 Å². The average molecular weight is 350 g/mol. The molecule has 0 bridgehead atoms. The highest BCUT2D eigenvalue weighted by Gasteiger charge is 2.03. The van der Waals surface area contributed by atoms with Crippen molar-refractivity contribution in [2.75, 3.05) is 0 Å². The number of hydrogen-bond donors (Lipinski definition) is 1. The van der Waals surface area contributed by atoms with Crippen LogP contribution in [0.5, 0.6) is 0 Å². The molecule has 1 aromatic carbocycles. The highest BCUT2D eigenvalue weighted by molar-refractivity contribution is 14.1. The van der Waals surface area contributed by atoms with Crippen molar-refractivity contribution in [2.45, 2.75) is 0 Å². The summed E-state index contributed by atoms with van der Waals surface area (Å²) in [7, 11) is 0. The minimum Gasteiger partial charge on any atom is -0.352 e. The van der Waals surface area contributed by atoms with Crippen LogP contribution in [0.15, 0.2) is 22.7 Å². The zero-order valence-electron chi connectivity index (χ0n) is 6.47. The average Bonchev–Trinajstić information content (AvgIpc) is 2.48. The van der Waals surface area contributed by atoms with Crippen LogP contribution in [-0.2, 0) is 0 Å². The number of fused-ring (bicyclic) bond motifs is 1. The predicted octanol–water partition coefficient (Wildman–Crippen LogP) is 3.35. The summed E-state index contributed by atoms with van der Waals surface area (Å²) in [6, 6.07) is 5.85.